The lowest BCUT2D eigenvalue weighted by Gasteiger charge is -2.12. The zero-order valence-electron chi connectivity index (χ0n) is 15.3. The van der Waals surface area contributed by atoms with Crippen molar-refractivity contribution in [3.63, 3.8) is 0 Å². The van der Waals surface area contributed by atoms with Gasteiger partial charge in [0.25, 0.3) is 0 Å². The Labute approximate surface area is 162 Å². The fourth-order valence-corrected chi connectivity index (χ4v) is 2.58. The molecule has 0 spiro atoms. The minimum Gasteiger partial charge on any atom is -0.493 e. The van der Waals surface area contributed by atoms with E-state index in [9.17, 15) is 0 Å². The first-order chi connectivity index (χ1) is 13.1. The molecule has 0 radical (unpaired) electrons. The fourth-order valence-electron chi connectivity index (χ4n) is 2.39. The first-order valence-electron chi connectivity index (χ1n) is 8.25. The molecule has 27 heavy (non-hydrogen) atoms. The van der Waals surface area contributed by atoms with E-state index in [1.54, 1.807) is 26.4 Å². The molecular weight excluding hydrogens is 364 g/mol. The lowest BCUT2D eigenvalue weighted by atomic mass is 10.1. The SMILES string of the molecule is COc1ccc(NC(=S)NCc2nc(-c3ccc(C)cc3)no2)cc1OC. The third-order valence-electron chi connectivity index (χ3n) is 3.82. The number of benzene rings is 2. The number of hydrogen-bond donors (Lipinski definition) is 2. The molecule has 0 atom stereocenters. The normalized spacial score (nSPS) is 10.3. The Bertz CT molecular complexity index is 925. The molecular formula is C19H20N4O3S. The van der Waals surface area contributed by atoms with Crippen LogP contribution in [0.4, 0.5) is 5.69 Å². The minimum absolute atomic E-state index is 0.317. The Hall–Kier alpha value is -3.13. The number of aromatic nitrogens is 2. The summed E-state index contributed by atoms with van der Waals surface area (Å²) in [5.41, 5.74) is 2.85. The molecule has 1 heterocycles. The largest absolute Gasteiger partial charge is 0.493 e. The molecule has 0 amide bonds. The number of anilines is 1. The van der Waals surface area contributed by atoms with Crippen LogP contribution in [0.1, 0.15) is 11.5 Å². The molecule has 0 saturated carbocycles. The van der Waals surface area contributed by atoms with E-state index in [1.807, 2.05) is 37.3 Å². The number of rotatable bonds is 6. The van der Waals surface area contributed by atoms with E-state index in [0.717, 1.165) is 11.3 Å². The van der Waals surface area contributed by atoms with Crippen LogP contribution >= 0.6 is 12.2 Å². The van der Waals surface area contributed by atoms with Gasteiger partial charge in [-0.25, -0.2) is 0 Å². The van der Waals surface area contributed by atoms with Gasteiger partial charge >= 0.3 is 0 Å². The van der Waals surface area contributed by atoms with E-state index in [-0.39, 0.29) is 0 Å². The highest BCUT2D eigenvalue weighted by Crippen LogP contribution is 2.29. The summed E-state index contributed by atoms with van der Waals surface area (Å²) in [6, 6.07) is 13.4. The molecule has 0 aliphatic carbocycles. The van der Waals surface area contributed by atoms with Gasteiger partial charge in [-0.3, -0.25) is 0 Å². The van der Waals surface area contributed by atoms with E-state index < -0.39 is 0 Å². The standard InChI is InChI=1S/C19H20N4O3S/c1-12-4-6-13(7-5-12)18-22-17(26-23-18)11-20-19(27)21-14-8-9-15(24-2)16(10-14)25-3/h4-10H,11H2,1-3H3,(H2,20,21,27). The Morgan fingerprint density at radius 2 is 1.81 bits per heavy atom. The van der Waals surface area contributed by atoms with Crippen molar-refractivity contribution < 1.29 is 14.0 Å². The van der Waals surface area contributed by atoms with Gasteiger partial charge in [-0.15, -0.1) is 0 Å². The number of aryl methyl sites for hydroxylation is 1. The molecule has 3 aromatic rings. The summed E-state index contributed by atoms with van der Waals surface area (Å²) in [5.74, 6) is 2.26. The van der Waals surface area contributed by atoms with E-state index in [1.165, 1.54) is 5.56 Å². The van der Waals surface area contributed by atoms with Crippen LogP contribution in [0.15, 0.2) is 47.0 Å². The first-order valence-corrected chi connectivity index (χ1v) is 8.66. The molecule has 8 heteroatoms. The third-order valence-corrected chi connectivity index (χ3v) is 4.07. The van der Waals surface area contributed by atoms with Gasteiger partial charge in [0.1, 0.15) is 0 Å². The summed E-state index contributed by atoms with van der Waals surface area (Å²) in [6.45, 7) is 2.35. The van der Waals surface area contributed by atoms with Gasteiger partial charge in [0.15, 0.2) is 16.6 Å². The van der Waals surface area contributed by atoms with Gasteiger partial charge < -0.3 is 24.6 Å². The van der Waals surface area contributed by atoms with Gasteiger partial charge in [-0.1, -0.05) is 35.0 Å². The van der Waals surface area contributed by atoms with Gasteiger partial charge in [0.2, 0.25) is 11.7 Å². The number of nitrogens with one attached hydrogen (secondary N) is 2. The monoisotopic (exact) mass is 384 g/mol. The second kappa shape index (κ2) is 8.50. The maximum Gasteiger partial charge on any atom is 0.246 e. The summed E-state index contributed by atoms with van der Waals surface area (Å²) in [6.07, 6.45) is 0. The van der Waals surface area contributed by atoms with Crippen molar-refractivity contribution in [2.75, 3.05) is 19.5 Å². The van der Waals surface area contributed by atoms with Crippen LogP contribution in [0.5, 0.6) is 11.5 Å². The molecule has 2 N–H and O–H groups in total. The Morgan fingerprint density at radius 1 is 1.07 bits per heavy atom. The van der Waals surface area contributed by atoms with Crippen molar-refractivity contribution in [2.45, 2.75) is 13.5 Å². The van der Waals surface area contributed by atoms with E-state index in [4.69, 9.17) is 26.2 Å². The van der Waals surface area contributed by atoms with Crippen LogP contribution in [0.25, 0.3) is 11.4 Å². The molecule has 0 fully saturated rings. The van der Waals surface area contributed by atoms with E-state index >= 15 is 0 Å². The molecule has 7 nitrogen and oxygen atoms in total. The summed E-state index contributed by atoms with van der Waals surface area (Å²) in [5, 5.41) is 10.5. The number of methoxy groups -OCH3 is 2. The summed E-state index contributed by atoms with van der Waals surface area (Å²) in [7, 11) is 3.17. The highest BCUT2D eigenvalue weighted by molar-refractivity contribution is 7.80. The highest BCUT2D eigenvalue weighted by Gasteiger charge is 2.10. The smallest absolute Gasteiger partial charge is 0.246 e. The topological polar surface area (TPSA) is 81.4 Å². The van der Waals surface area contributed by atoms with Crippen molar-refractivity contribution in [2.24, 2.45) is 0 Å². The average molecular weight is 384 g/mol. The van der Waals surface area contributed by atoms with Crippen LogP contribution in [0.2, 0.25) is 0 Å². The molecule has 140 valence electrons. The van der Waals surface area contributed by atoms with Gasteiger partial charge in [-0.05, 0) is 31.3 Å². The summed E-state index contributed by atoms with van der Waals surface area (Å²) >= 11 is 5.31. The number of ether oxygens (including phenoxy) is 2. The molecule has 0 bridgehead atoms. The Balaban J connectivity index is 1.57. The molecule has 0 aliphatic rings. The van der Waals surface area contributed by atoms with Crippen molar-refractivity contribution in [3.8, 4) is 22.9 Å². The maximum absolute atomic E-state index is 5.31. The lowest BCUT2D eigenvalue weighted by Crippen LogP contribution is -2.28. The zero-order valence-corrected chi connectivity index (χ0v) is 16.1. The Morgan fingerprint density at radius 3 is 2.52 bits per heavy atom. The third kappa shape index (κ3) is 4.73. The maximum atomic E-state index is 5.31. The molecule has 3 rings (SSSR count). The fraction of sp³-hybridized carbons (Fsp3) is 0.211. The van der Waals surface area contributed by atoms with Crippen LogP contribution in [0, 0.1) is 6.92 Å². The molecule has 2 aromatic carbocycles. The highest BCUT2D eigenvalue weighted by atomic mass is 32.1. The van der Waals surface area contributed by atoms with Crippen molar-refractivity contribution in [1.82, 2.24) is 15.5 Å². The van der Waals surface area contributed by atoms with Crippen LogP contribution in [-0.2, 0) is 6.54 Å². The van der Waals surface area contributed by atoms with Crippen LogP contribution in [-0.4, -0.2) is 29.5 Å². The average Bonchev–Trinajstić information content (AvgIpc) is 3.16. The first kappa shape index (κ1) is 18.7. The second-order valence-corrected chi connectivity index (χ2v) is 6.16. The van der Waals surface area contributed by atoms with Crippen LogP contribution in [0.3, 0.4) is 0 Å². The molecule has 0 saturated heterocycles. The van der Waals surface area contributed by atoms with Gasteiger partial charge in [0.05, 0.1) is 20.8 Å². The molecule has 0 unspecified atom stereocenters. The van der Waals surface area contributed by atoms with Crippen molar-refractivity contribution >= 4 is 23.0 Å². The number of hydrogen-bond acceptors (Lipinski definition) is 6. The predicted molar refractivity (Wildman–Crippen MR) is 107 cm³/mol. The number of thiocarbonyl (C=S) groups is 1. The molecule has 0 aliphatic heterocycles. The quantitative estimate of drug-likeness (QED) is 0.625. The van der Waals surface area contributed by atoms with Crippen molar-refractivity contribution in [1.29, 1.82) is 0 Å². The van der Waals surface area contributed by atoms with E-state index in [0.29, 0.717) is 34.9 Å². The minimum atomic E-state index is 0.317. The molecule has 1 aromatic heterocycles. The van der Waals surface area contributed by atoms with E-state index in [2.05, 4.69) is 20.8 Å². The van der Waals surface area contributed by atoms with Crippen LogP contribution < -0.4 is 20.1 Å². The Kier molecular flexibility index (Phi) is 5.87. The van der Waals surface area contributed by atoms with Crippen molar-refractivity contribution in [3.05, 3.63) is 53.9 Å². The second-order valence-electron chi connectivity index (χ2n) is 5.76. The number of nitrogens with zero attached hydrogens (tertiary/aromatic N) is 2. The van der Waals surface area contributed by atoms with Gasteiger partial charge in [-0.2, -0.15) is 4.98 Å². The van der Waals surface area contributed by atoms with Gasteiger partial charge in [0, 0.05) is 17.3 Å². The summed E-state index contributed by atoms with van der Waals surface area (Å²) in [4.78, 5) is 4.38. The zero-order chi connectivity index (χ0) is 19.2. The predicted octanol–water partition coefficient (Wildman–Crippen LogP) is 3.55. The summed E-state index contributed by atoms with van der Waals surface area (Å²) < 4.78 is 15.8. The lowest BCUT2D eigenvalue weighted by molar-refractivity contribution is 0.355.